The van der Waals surface area contributed by atoms with Crippen molar-refractivity contribution in [2.75, 3.05) is 26.2 Å². The van der Waals surface area contributed by atoms with Crippen molar-refractivity contribution in [3.63, 3.8) is 0 Å². The number of hydrogen-bond donors (Lipinski definition) is 1. The van der Waals surface area contributed by atoms with Crippen LogP contribution in [0.25, 0.3) is 11.0 Å². The maximum absolute atomic E-state index is 12.6. The van der Waals surface area contributed by atoms with E-state index in [1.165, 1.54) is 6.07 Å². The molecule has 29 heavy (non-hydrogen) atoms. The van der Waals surface area contributed by atoms with Gasteiger partial charge in [0.15, 0.2) is 0 Å². The third-order valence-electron chi connectivity index (χ3n) is 4.88. The molecule has 0 radical (unpaired) electrons. The van der Waals surface area contributed by atoms with E-state index in [-0.39, 0.29) is 24.1 Å². The largest absolute Gasteiger partial charge is 0.422 e. The molecule has 1 aromatic heterocycles. The standard InChI is InChI=1S/C22H20N2O5/c25-20(24-10-11-28-19(14-24)15-6-2-1-3-7-15)13-23-21(26)17-12-16-8-4-5-9-18(16)29-22(17)27/h1-9,12,19H,10-11,13-14H2,(H,23,26)/t19-/m1/s1. The smallest absolute Gasteiger partial charge is 0.349 e. The molecule has 1 fully saturated rings. The van der Waals surface area contributed by atoms with E-state index < -0.39 is 11.5 Å². The zero-order chi connectivity index (χ0) is 20.2. The molecule has 0 bridgehead atoms. The Bertz CT molecular complexity index is 1090. The fraction of sp³-hybridized carbons (Fsp3) is 0.227. The fourth-order valence-electron chi connectivity index (χ4n) is 3.33. The van der Waals surface area contributed by atoms with Gasteiger partial charge in [0.2, 0.25) is 5.91 Å². The minimum atomic E-state index is -0.732. The van der Waals surface area contributed by atoms with Gasteiger partial charge in [-0.3, -0.25) is 9.59 Å². The molecule has 7 nitrogen and oxygen atoms in total. The summed E-state index contributed by atoms with van der Waals surface area (Å²) in [7, 11) is 0. The second kappa shape index (κ2) is 8.28. The Labute approximate surface area is 166 Å². The number of fused-ring (bicyclic) bond motifs is 1. The van der Waals surface area contributed by atoms with E-state index in [1.807, 2.05) is 30.3 Å². The quantitative estimate of drug-likeness (QED) is 0.687. The van der Waals surface area contributed by atoms with Crippen molar-refractivity contribution >= 4 is 22.8 Å². The molecule has 0 aliphatic carbocycles. The van der Waals surface area contributed by atoms with Crippen molar-refractivity contribution in [3.8, 4) is 0 Å². The maximum atomic E-state index is 12.6. The van der Waals surface area contributed by atoms with Crippen LogP contribution in [-0.2, 0) is 9.53 Å². The number of amides is 2. The number of para-hydroxylation sites is 1. The van der Waals surface area contributed by atoms with E-state index in [1.54, 1.807) is 29.2 Å². The maximum Gasteiger partial charge on any atom is 0.349 e. The van der Waals surface area contributed by atoms with E-state index in [4.69, 9.17) is 9.15 Å². The summed E-state index contributed by atoms with van der Waals surface area (Å²) in [6.45, 7) is 1.09. The molecule has 3 aromatic rings. The molecular formula is C22H20N2O5. The van der Waals surface area contributed by atoms with Crippen molar-refractivity contribution < 1.29 is 18.7 Å². The number of nitrogens with zero attached hydrogens (tertiary/aromatic N) is 1. The summed E-state index contributed by atoms with van der Waals surface area (Å²) in [4.78, 5) is 38.7. The molecule has 0 spiro atoms. The lowest BCUT2D eigenvalue weighted by Gasteiger charge is -2.33. The Kier molecular flexibility index (Phi) is 5.39. The van der Waals surface area contributed by atoms with Crippen LogP contribution in [0.2, 0.25) is 0 Å². The first-order valence-corrected chi connectivity index (χ1v) is 9.37. The third kappa shape index (κ3) is 4.20. The topological polar surface area (TPSA) is 88.8 Å². The highest BCUT2D eigenvalue weighted by Gasteiger charge is 2.25. The van der Waals surface area contributed by atoms with E-state index in [0.717, 1.165) is 5.56 Å². The van der Waals surface area contributed by atoms with Gasteiger partial charge < -0.3 is 19.4 Å². The Balaban J connectivity index is 1.40. The molecule has 0 unspecified atom stereocenters. The number of benzene rings is 2. The van der Waals surface area contributed by atoms with Crippen LogP contribution in [-0.4, -0.2) is 43.0 Å². The summed E-state index contributed by atoms with van der Waals surface area (Å²) in [5.41, 5.74) is 0.554. The van der Waals surface area contributed by atoms with Gasteiger partial charge >= 0.3 is 5.63 Å². The van der Waals surface area contributed by atoms with Gasteiger partial charge in [-0.2, -0.15) is 0 Å². The summed E-state index contributed by atoms with van der Waals surface area (Å²) >= 11 is 0. The highest BCUT2D eigenvalue weighted by atomic mass is 16.5. The minimum absolute atomic E-state index is 0.124. The first kappa shape index (κ1) is 18.9. The van der Waals surface area contributed by atoms with Crippen LogP contribution in [0.4, 0.5) is 0 Å². The number of hydrogen-bond acceptors (Lipinski definition) is 5. The molecule has 2 heterocycles. The van der Waals surface area contributed by atoms with Crippen LogP contribution in [0, 0.1) is 0 Å². The summed E-state index contributed by atoms with van der Waals surface area (Å²) < 4.78 is 10.9. The number of ether oxygens (including phenoxy) is 1. The summed E-state index contributed by atoms with van der Waals surface area (Å²) in [5.74, 6) is -0.863. The molecule has 0 saturated carbocycles. The lowest BCUT2D eigenvalue weighted by molar-refractivity contribution is -0.137. The molecule has 4 rings (SSSR count). The van der Waals surface area contributed by atoms with Gasteiger partial charge in [-0.05, 0) is 17.7 Å². The van der Waals surface area contributed by atoms with Gasteiger partial charge in [-0.15, -0.1) is 0 Å². The first-order valence-electron chi connectivity index (χ1n) is 9.37. The zero-order valence-electron chi connectivity index (χ0n) is 15.7. The normalized spacial score (nSPS) is 16.6. The number of morpholine rings is 1. The second-order valence-electron chi connectivity index (χ2n) is 6.78. The molecule has 1 saturated heterocycles. The molecular weight excluding hydrogens is 372 g/mol. The SMILES string of the molecule is O=C(NCC(=O)N1CCO[C@@H](c2ccccc2)C1)c1cc2ccccc2oc1=O. The monoisotopic (exact) mass is 392 g/mol. The fourth-order valence-corrected chi connectivity index (χ4v) is 3.33. The van der Waals surface area contributed by atoms with E-state index in [2.05, 4.69) is 5.32 Å². The molecule has 7 heteroatoms. The molecule has 1 atom stereocenters. The molecule has 2 amide bonds. The van der Waals surface area contributed by atoms with Crippen molar-refractivity contribution in [1.29, 1.82) is 0 Å². The first-order chi connectivity index (χ1) is 14.1. The van der Waals surface area contributed by atoms with E-state index in [9.17, 15) is 14.4 Å². The molecule has 1 aliphatic rings. The van der Waals surface area contributed by atoms with Crippen LogP contribution in [0.1, 0.15) is 22.0 Å². The van der Waals surface area contributed by atoms with Crippen molar-refractivity contribution in [3.05, 3.63) is 82.2 Å². The molecule has 148 valence electrons. The van der Waals surface area contributed by atoms with Gasteiger partial charge in [0.05, 0.1) is 19.7 Å². The predicted molar refractivity (Wildman–Crippen MR) is 107 cm³/mol. The third-order valence-corrected chi connectivity index (χ3v) is 4.88. The van der Waals surface area contributed by atoms with Gasteiger partial charge in [0, 0.05) is 11.9 Å². The van der Waals surface area contributed by atoms with Crippen LogP contribution < -0.4 is 10.9 Å². The minimum Gasteiger partial charge on any atom is -0.422 e. The van der Waals surface area contributed by atoms with Gasteiger partial charge in [0.25, 0.3) is 5.91 Å². The second-order valence-corrected chi connectivity index (χ2v) is 6.78. The number of nitrogens with one attached hydrogen (secondary N) is 1. The number of carbonyl (C=O) groups excluding carboxylic acids is 2. The Morgan fingerprint density at radius 1 is 1.07 bits per heavy atom. The van der Waals surface area contributed by atoms with Crippen LogP contribution in [0.3, 0.4) is 0 Å². The average molecular weight is 392 g/mol. The van der Waals surface area contributed by atoms with Crippen LogP contribution in [0.15, 0.2) is 69.9 Å². The Morgan fingerprint density at radius 3 is 2.66 bits per heavy atom. The lowest BCUT2D eigenvalue weighted by Crippen LogP contribution is -2.46. The van der Waals surface area contributed by atoms with E-state index in [0.29, 0.717) is 30.7 Å². The summed E-state index contributed by atoms with van der Waals surface area (Å²) in [6.07, 6.45) is -0.197. The van der Waals surface area contributed by atoms with Gasteiger partial charge in [-0.25, -0.2) is 4.79 Å². The van der Waals surface area contributed by atoms with Crippen molar-refractivity contribution in [2.24, 2.45) is 0 Å². The number of rotatable bonds is 4. The summed E-state index contributed by atoms with van der Waals surface area (Å²) in [5, 5.41) is 3.17. The molecule has 1 aliphatic heterocycles. The Morgan fingerprint density at radius 2 is 1.83 bits per heavy atom. The van der Waals surface area contributed by atoms with Crippen LogP contribution >= 0.6 is 0 Å². The van der Waals surface area contributed by atoms with Crippen LogP contribution in [0.5, 0.6) is 0 Å². The number of carbonyl (C=O) groups is 2. The predicted octanol–water partition coefficient (Wildman–Crippen LogP) is 2.12. The van der Waals surface area contributed by atoms with E-state index >= 15 is 0 Å². The molecule has 2 aromatic carbocycles. The summed E-state index contributed by atoms with van der Waals surface area (Å²) in [6, 6.07) is 18.1. The van der Waals surface area contributed by atoms with Gasteiger partial charge in [0.1, 0.15) is 17.3 Å². The highest BCUT2D eigenvalue weighted by Crippen LogP contribution is 2.21. The lowest BCUT2D eigenvalue weighted by atomic mass is 10.1. The van der Waals surface area contributed by atoms with Gasteiger partial charge in [-0.1, -0.05) is 48.5 Å². The average Bonchev–Trinajstić information content (AvgIpc) is 2.77. The molecule has 1 N–H and O–H groups in total. The Hall–Kier alpha value is -3.45. The highest BCUT2D eigenvalue weighted by molar-refractivity contribution is 5.98. The van der Waals surface area contributed by atoms with Crippen molar-refractivity contribution in [2.45, 2.75) is 6.10 Å². The zero-order valence-corrected chi connectivity index (χ0v) is 15.7. The van der Waals surface area contributed by atoms with Crippen molar-refractivity contribution in [1.82, 2.24) is 10.2 Å².